The molecule has 2 nitrogen and oxygen atoms in total. The van der Waals surface area contributed by atoms with Gasteiger partial charge in [-0.1, -0.05) is 85.1 Å². The Morgan fingerprint density at radius 2 is 1.68 bits per heavy atom. The minimum absolute atomic E-state index is 0.0291. The van der Waals surface area contributed by atoms with E-state index in [0.29, 0.717) is 5.92 Å². The van der Waals surface area contributed by atoms with Gasteiger partial charge in [0.15, 0.2) is 0 Å². The van der Waals surface area contributed by atoms with E-state index in [1.165, 1.54) is 5.57 Å². The summed E-state index contributed by atoms with van der Waals surface area (Å²) in [6, 6.07) is 0. The van der Waals surface area contributed by atoms with Gasteiger partial charge in [-0.05, 0) is 17.9 Å². The molecule has 0 radical (unpaired) electrons. The Morgan fingerprint density at radius 1 is 0.880 bits per heavy atom. The number of allylic oxidation sites excluding steroid dienone is 13. The largest absolute Gasteiger partial charge is 0.450 e. The highest BCUT2D eigenvalue weighted by Gasteiger charge is 2.65. The van der Waals surface area contributed by atoms with E-state index in [4.69, 9.17) is 4.74 Å². The summed E-state index contributed by atoms with van der Waals surface area (Å²) in [5.74, 6) is 0.661. The highest BCUT2D eigenvalue weighted by molar-refractivity contribution is 5.94. The first-order chi connectivity index (χ1) is 12.3. The Kier molecular flexibility index (Phi) is 3.21. The lowest BCUT2D eigenvalue weighted by Crippen LogP contribution is -2.42. The van der Waals surface area contributed by atoms with Crippen molar-refractivity contribution in [3.63, 3.8) is 0 Å². The molecular formula is C23H20O2. The number of hydrogen-bond acceptors (Lipinski definition) is 2. The standard InChI is InChI=1S/C23H20O2/c24-22-18-12-6-3-9-15-21(18)23(25-22)19-13-7-1-4-10-16(19)17-11-5-2-8-14-20(17)23/h1-13,15-17,20-21H,14H2/t16-,17+,20+,21-,23-/m1/s1. The number of hydrogen-bond donors (Lipinski definition) is 0. The van der Waals surface area contributed by atoms with Gasteiger partial charge in [-0.25, -0.2) is 4.79 Å². The van der Waals surface area contributed by atoms with Crippen molar-refractivity contribution in [2.75, 3.05) is 0 Å². The summed E-state index contributed by atoms with van der Waals surface area (Å²) in [6.07, 6.45) is 30.4. The fraction of sp³-hybridized carbons (Fsp3) is 0.261. The zero-order chi connectivity index (χ0) is 16.9. The van der Waals surface area contributed by atoms with E-state index in [2.05, 4.69) is 60.8 Å². The number of ether oxygens (including phenoxy) is 1. The van der Waals surface area contributed by atoms with Gasteiger partial charge in [-0.3, -0.25) is 0 Å². The highest BCUT2D eigenvalue weighted by Crippen LogP contribution is 2.61. The monoisotopic (exact) mass is 328 g/mol. The third kappa shape index (κ3) is 1.94. The van der Waals surface area contributed by atoms with Gasteiger partial charge in [0.05, 0.1) is 5.92 Å². The Hall–Kier alpha value is -2.61. The fourth-order valence-corrected chi connectivity index (χ4v) is 5.18. The topological polar surface area (TPSA) is 26.3 Å². The molecule has 0 aromatic heterocycles. The smallest absolute Gasteiger partial charge is 0.335 e. The molecule has 1 saturated heterocycles. The number of carbonyl (C=O) groups is 1. The first-order valence-corrected chi connectivity index (χ1v) is 8.99. The molecule has 1 aliphatic heterocycles. The van der Waals surface area contributed by atoms with E-state index in [1.807, 2.05) is 24.3 Å². The molecule has 2 heteroatoms. The molecule has 25 heavy (non-hydrogen) atoms. The number of rotatable bonds is 0. The molecule has 1 heterocycles. The summed E-state index contributed by atoms with van der Waals surface area (Å²) < 4.78 is 6.27. The van der Waals surface area contributed by atoms with Crippen LogP contribution in [-0.4, -0.2) is 11.6 Å². The summed E-state index contributed by atoms with van der Waals surface area (Å²) in [4.78, 5) is 12.8. The molecule has 5 atom stereocenters. The molecule has 5 rings (SSSR count). The Labute approximate surface area is 147 Å². The van der Waals surface area contributed by atoms with Crippen LogP contribution in [0, 0.1) is 23.7 Å². The normalized spacial score (nSPS) is 39.9. The van der Waals surface area contributed by atoms with Crippen LogP contribution < -0.4 is 0 Å². The first kappa shape index (κ1) is 14.7. The molecule has 0 aromatic rings. The lowest BCUT2D eigenvalue weighted by Gasteiger charge is -2.36. The summed E-state index contributed by atoms with van der Waals surface area (Å²) in [5.41, 5.74) is 1.43. The molecule has 0 aromatic carbocycles. The van der Waals surface area contributed by atoms with Crippen LogP contribution >= 0.6 is 0 Å². The maximum Gasteiger partial charge on any atom is 0.335 e. The summed E-state index contributed by atoms with van der Waals surface area (Å²) >= 11 is 0. The third-order valence-corrected chi connectivity index (χ3v) is 6.12. The molecule has 0 N–H and O–H groups in total. The summed E-state index contributed by atoms with van der Waals surface area (Å²) in [7, 11) is 0. The Balaban J connectivity index is 1.75. The van der Waals surface area contributed by atoms with Crippen molar-refractivity contribution in [2.24, 2.45) is 23.7 Å². The van der Waals surface area contributed by atoms with E-state index < -0.39 is 5.60 Å². The van der Waals surface area contributed by atoms with E-state index >= 15 is 0 Å². The van der Waals surface area contributed by atoms with Crippen molar-refractivity contribution in [2.45, 2.75) is 12.0 Å². The fourth-order valence-electron chi connectivity index (χ4n) is 5.18. The van der Waals surface area contributed by atoms with Gasteiger partial charge in [0.2, 0.25) is 0 Å². The lowest BCUT2D eigenvalue weighted by atomic mass is 9.72. The van der Waals surface area contributed by atoms with Crippen LogP contribution in [0.25, 0.3) is 0 Å². The van der Waals surface area contributed by atoms with E-state index in [0.717, 1.165) is 12.0 Å². The van der Waals surface area contributed by atoms with Crippen LogP contribution in [0.15, 0.2) is 96.2 Å². The highest BCUT2D eigenvalue weighted by atomic mass is 16.6. The van der Waals surface area contributed by atoms with Gasteiger partial charge >= 0.3 is 5.97 Å². The summed E-state index contributed by atoms with van der Waals surface area (Å²) in [6.45, 7) is 0. The van der Waals surface area contributed by atoms with Gasteiger partial charge in [0.25, 0.3) is 0 Å². The Bertz CT molecular complexity index is 859. The van der Waals surface area contributed by atoms with Crippen molar-refractivity contribution in [3.8, 4) is 0 Å². The van der Waals surface area contributed by atoms with E-state index in [1.54, 1.807) is 0 Å². The van der Waals surface area contributed by atoms with E-state index in [-0.39, 0.29) is 23.7 Å². The van der Waals surface area contributed by atoms with Crippen molar-refractivity contribution in [1.82, 2.24) is 0 Å². The molecule has 2 fully saturated rings. The first-order valence-electron chi connectivity index (χ1n) is 8.99. The van der Waals surface area contributed by atoms with Crippen molar-refractivity contribution in [1.29, 1.82) is 0 Å². The van der Waals surface area contributed by atoms with Crippen molar-refractivity contribution < 1.29 is 9.53 Å². The third-order valence-electron chi connectivity index (χ3n) is 6.12. The van der Waals surface area contributed by atoms with Crippen LogP contribution in [0.4, 0.5) is 0 Å². The SMILES string of the molecule is O=C1O[C@@]2(C3=CC=CC=C[C@@H]3[C@@H]3C=CC=CC[C@@H]32)[C@@H]2C=CC=CC=C12. The molecule has 4 aliphatic carbocycles. The van der Waals surface area contributed by atoms with Gasteiger partial charge in [-0.2, -0.15) is 0 Å². The van der Waals surface area contributed by atoms with Crippen molar-refractivity contribution >= 4 is 5.97 Å². The number of fused-ring (bicyclic) bond motifs is 7. The second kappa shape index (κ2) is 5.45. The molecule has 0 amide bonds. The second-order valence-corrected chi connectivity index (χ2v) is 7.20. The predicted molar refractivity (Wildman–Crippen MR) is 98.4 cm³/mol. The van der Waals surface area contributed by atoms with Gasteiger partial charge < -0.3 is 4.74 Å². The van der Waals surface area contributed by atoms with Gasteiger partial charge in [0, 0.05) is 17.4 Å². The predicted octanol–water partition coefficient (Wildman–Crippen LogP) is 4.38. The van der Waals surface area contributed by atoms with Crippen LogP contribution in [-0.2, 0) is 9.53 Å². The lowest BCUT2D eigenvalue weighted by molar-refractivity contribution is -0.147. The van der Waals surface area contributed by atoms with Crippen LogP contribution in [0.2, 0.25) is 0 Å². The molecular weight excluding hydrogens is 308 g/mol. The van der Waals surface area contributed by atoms with Crippen LogP contribution in [0.3, 0.4) is 0 Å². The quantitative estimate of drug-likeness (QED) is 0.617. The maximum atomic E-state index is 12.8. The zero-order valence-corrected chi connectivity index (χ0v) is 13.9. The summed E-state index contributed by atoms with van der Waals surface area (Å²) in [5, 5.41) is 0. The number of esters is 1. The molecule has 124 valence electrons. The Morgan fingerprint density at radius 3 is 2.60 bits per heavy atom. The second-order valence-electron chi connectivity index (χ2n) is 7.20. The zero-order valence-electron chi connectivity index (χ0n) is 13.9. The van der Waals surface area contributed by atoms with Crippen molar-refractivity contribution in [3.05, 3.63) is 96.2 Å². The van der Waals surface area contributed by atoms with Gasteiger partial charge in [0.1, 0.15) is 5.60 Å². The molecule has 0 unspecified atom stereocenters. The average Bonchev–Trinajstić information content (AvgIpc) is 2.96. The van der Waals surface area contributed by atoms with E-state index in [9.17, 15) is 4.79 Å². The number of carbonyl (C=O) groups excluding carboxylic acids is 1. The molecule has 1 saturated carbocycles. The minimum Gasteiger partial charge on any atom is -0.450 e. The van der Waals surface area contributed by atoms with Crippen LogP contribution in [0.5, 0.6) is 0 Å². The average molecular weight is 328 g/mol. The van der Waals surface area contributed by atoms with Crippen LogP contribution in [0.1, 0.15) is 6.42 Å². The molecule has 1 spiro atoms. The molecule has 5 aliphatic rings. The maximum absolute atomic E-state index is 12.8. The van der Waals surface area contributed by atoms with Gasteiger partial charge in [-0.15, -0.1) is 0 Å². The molecule has 0 bridgehead atoms. The minimum atomic E-state index is -0.585.